The topological polar surface area (TPSA) is 129 Å². The molecule has 0 radical (unpaired) electrons. The minimum Gasteiger partial charge on any atom is -0.348 e. The van der Waals surface area contributed by atoms with Crippen molar-refractivity contribution >= 4 is 21.7 Å². The second-order valence-electron chi connectivity index (χ2n) is 9.94. The Morgan fingerprint density at radius 2 is 1.74 bits per heavy atom. The van der Waals surface area contributed by atoms with Gasteiger partial charge in [0.1, 0.15) is 11.3 Å². The van der Waals surface area contributed by atoms with Gasteiger partial charge in [0.15, 0.2) is 9.84 Å². The van der Waals surface area contributed by atoms with Gasteiger partial charge in [-0.1, -0.05) is 12.1 Å². The summed E-state index contributed by atoms with van der Waals surface area (Å²) >= 11 is 0. The number of carbonyl (C=O) groups excluding carboxylic acids is 2. The first-order valence-electron chi connectivity index (χ1n) is 11.7. The smallest absolute Gasteiger partial charge is 0.270 e. The SMILES string of the molecule is CC1(S(=O)(=O)C2(CN3CCn4c(ccc(C(=O)NCc5ccc(C#N)cc5)c4=O)C3=O)CC2)CC1. The Morgan fingerprint density at radius 1 is 1.06 bits per heavy atom. The lowest BCUT2D eigenvalue weighted by molar-refractivity contribution is 0.0694. The monoisotopic (exact) mass is 494 g/mol. The van der Waals surface area contributed by atoms with E-state index in [1.54, 1.807) is 31.2 Å². The molecular formula is C25H26N4O5S. The molecule has 1 N–H and O–H groups in total. The van der Waals surface area contributed by atoms with Gasteiger partial charge < -0.3 is 14.8 Å². The van der Waals surface area contributed by atoms with Crippen LogP contribution in [0.25, 0.3) is 0 Å². The van der Waals surface area contributed by atoms with Crippen molar-refractivity contribution in [2.75, 3.05) is 13.1 Å². The number of aromatic nitrogens is 1. The summed E-state index contributed by atoms with van der Waals surface area (Å²) in [7, 11) is -3.34. The number of carbonyl (C=O) groups is 2. The van der Waals surface area contributed by atoms with Crippen LogP contribution in [-0.2, 0) is 22.9 Å². The summed E-state index contributed by atoms with van der Waals surface area (Å²) in [4.78, 5) is 40.4. The number of nitrogens with one attached hydrogen (secondary N) is 1. The molecular weight excluding hydrogens is 468 g/mol. The molecule has 10 heteroatoms. The summed E-state index contributed by atoms with van der Waals surface area (Å²) in [6.07, 6.45) is 2.44. The zero-order valence-electron chi connectivity index (χ0n) is 19.4. The van der Waals surface area contributed by atoms with Crippen LogP contribution in [-0.4, -0.2) is 52.3 Å². The number of sulfone groups is 1. The van der Waals surface area contributed by atoms with Crippen LogP contribution in [0.15, 0.2) is 41.2 Å². The summed E-state index contributed by atoms with van der Waals surface area (Å²) in [5, 5.41) is 11.6. The van der Waals surface area contributed by atoms with Crippen LogP contribution < -0.4 is 10.9 Å². The van der Waals surface area contributed by atoms with Crippen LogP contribution in [0.4, 0.5) is 0 Å². The van der Waals surface area contributed by atoms with Crippen LogP contribution in [0.3, 0.4) is 0 Å². The Labute approximate surface area is 203 Å². The summed E-state index contributed by atoms with van der Waals surface area (Å²) < 4.78 is 26.0. The number of amides is 2. The molecule has 1 aliphatic heterocycles. The van der Waals surface area contributed by atoms with Gasteiger partial charge in [-0.2, -0.15) is 5.26 Å². The molecule has 35 heavy (non-hydrogen) atoms. The fraction of sp³-hybridized carbons (Fsp3) is 0.440. The van der Waals surface area contributed by atoms with E-state index in [9.17, 15) is 22.8 Å². The third-order valence-electron chi connectivity index (χ3n) is 7.51. The average molecular weight is 495 g/mol. The molecule has 2 amide bonds. The highest BCUT2D eigenvalue weighted by molar-refractivity contribution is 7.94. The molecule has 1 aromatic heterocycles. The van der Waals surface area contributed by atoms with Crippen molar-refractivity contribution < 1.29 is 18.0 Å². The quantitative estimate of drug-likeness (QED) is 0.623. The molecule has 0 atom stereocenters. The van der Waals surface area contributed by atoms with Gasteiger partial charge in [0.2, 0.25) is 0 Å². The average Bonchev–Trinajstić information content (AvgIpc) is 3.78. The van der Waals surface area contributed by atoms with Gasteiger partial charge in [-0.25, -0.2) is 8.42 Å². The van der Waals surface area contributed by atoms with Crippen LogP contribution in [0.5, 0.6) is 0 Å². The molecule has 2 aliphatic carbocycles. The fourth-order valence-electron chi connectivity index (χ4n) is 4.74. The first-order chi connectivity index (χ1) is 16.6. The van der Waals surface area contributed by atoms with Crippen LogP contribution in [0.2, 0.25) is 0 Å². The van der Waals surface area contributed by atoms with E-state index in [2.05, 4.69) is 5.32 Å². The summed E-state index contributed by atoms with van der Waals surface area (Å²) in [5.74, 6) is -0.939. The third kappa shape index (κ3) is 3.84. The van der Waals surface area contributed by atoms with Crippen molar-refractivity contribution in [2.45, 2.75) is 55.2 Å². The second-order valence-corrected chi connectivity index (χ2v) is 12.8. The Hall–Kier alpha value is -3.45. The van der Waals surface area contributed by atoms with Gasteiger partial charge in [0.25, 0.3) is 17.4 Å². The van der Waals surface area contributed by atoms with Crippen molar-refractivity contribution in [1.29, 1.82) is 5.26 Å². The van der Waals surface area contributed by atoms with Gasteiger partial charge in [-0.3, -0.25) is 14.4 Å². The van der Waals surface area contributed by atoms with E-state index in [0.29, 0.717) is 31.2 Å². The first kappa shape index (κ1) is 23.3. The molecule has 5 rings (SSSR count). The van der Waals surface area contributed by atoms with E-state index in [4.69, 9.17) is 5.26 Å². The molecule has 0 unspecified atom stereocenters. The minimum absolute atomic E-state index is 0.0634. The van der Waals surface area contributed by atoms with Gasteiger partial charge >= 0.3 is 0 Å². The number of benzene rings is 1. The van der Waals surface area contributed by atoms with E-state index in [1.807, 2.05) is 6.07 Å². The Bertz CT molecular complexity index is 1430. The van der Waals surface area contributed by atoms with Crippen LogP contribution >= 0.6 is 0 Å². The highest BCUT2D eigenvalue weighted by Gasteiger charge is 2.65. The van der Waals surface area contributed by atoms with E-state index in [0.717, 1.165) is 5.56 Å². The third-order valence-corrected chi connectivity index (χ3v) is 10.9. The number of hydrogen-bond donors (Lipinski definition) is 1. The number of nitriles is 1. The molecule has 0 bridgehead atoms. The van der Waals surface area contributed by atoms with E-state index < -0.39 is 30.8 Å². The predicted octanol–water partition coefficient (Wildman–Crippen LogP) is 1.61. The number of hydrogen-bond acceptors (Lipinski definition) is 6. The van der Waals surface area contributed by atoms with Crippen molar-refractivity contribution in [1.82, 2.24) is 14.8 Å². The zero-order chi connectivity index (χ0) is 25.0. The molecule has 2 aromatic rings. The van der Waals surface area contributed by atoms with Crippen LogP contribution in [0.1, 0.15) is 64.6 Å². The van der Waals surface area contributed by atoms with Gasteiger partial charge in [0.05, 0.1) is 21.1 Å². The van der Waals surface area contributed by atoms with E-state index in [-0.39, 0.29) is 43.3 Å². The molecule has 2 heterocycles. The lowest BCUT2D eigenvalue weighted by atomic mass is 10.1. The summed E-state index contributed by atoms with van der Waals surface area (Å²) in [6.45, 7) is 2.53. The van der Waals surface area contributed by atoms with Gasteiger partial charge in [-0.05, 0) is 62.4 Å². The number of fused-ring (bicyclic) bond motifs is 1. The Balaban J connectivity index is 1.30. The molecule has 0 saturated heterocycles. The Morgan fingerprint density at radius 3 is 2.34 bits per heavy atom. The van der Waals surface area contributed by atoms with E-state index >= 15 is 0 Å². The van der Waals surface area contributed by atoms with Crippen molar-refractivity contribution in [2.24, 2.45) is 0 Å². The highest BCUT2D eigenvalue weighted by Crippen LogP contribution is 2.56. The van der Waals surface area contributed by atoms with Crippen LogP contribution in [0, 0.1) is 11.3 Å². The molecule has 1 aromatic carbocycles. The maximum Gasteiger partial charge on any atom is 0.270 e. The zero-order valence-corrected chi connectivity index (χ0v) is 20.2. The molecule has 2 saturated carbocycles. The maximum absolute atomic E-state index is 13.2. The standard InChI is InChI=1S/C25H26N4O5S/c1-24(8-9-24)35(33,34)25(10-11-25)16-28-12-13-29-20(23(28)32)7-6-19(22(29)31)21(30)27-15-18-4-2-17(14-26)3-5-18/h2-7H,8-13,15-16H2,1H3,(H,27,30). The van der Waals surface area contributed by atoms with E-state index in [1.165, 1.54) is 21.6 Å². The highest BCUT2D eigenvalue weighted by atomic mass is 32.2. The summed E-state index contributed by atoms with van der Waals surface area (Å²) in [5.41, 5.74) is 0.846. The molecule has 0 spiro atoms. The van der Waals surface area contributed by atoms with Gasteiger partial charge in [-0.15, -0.1) is 0 Å². The van der Waals surface area contributed by atoms with Gasteiger partial charge in [0, 0.05) is 26.2 Å². The van der Waals surface area contributed by atoms with Crippen molar-refractivity contribution in [3.05, 3.63) is 69.1 Å². The first-order valence-corrected chi connectivity index (χ1v) is 13.1. The number of pyridine rings is 1. The minimum atomic E-state index is -3.34. The lowest BCUT2D eigenvalue weighted by Gasteiger charge is -2.33. The molecule has 3 aliphatic rings. The van der Waals surface area contributed by atoms with Crippen molar-refractivity contribution in [3.8, 4) is 6.07 Å². The molecule has 182 valence electrons. The second kappa shape index (κ2) is 8.05. The fourth-order valence-corrected chi connectivity index (χ4v) is 7.39. The number of rotatable bonds is 7. The molecule has 2 fully saturated rings. The number of nitrogens with zero attached hydrogens (tertiary/aromatic N) is 3. The predicted molar refractivity (Wildman–Crippen MR) is 127 cm³/mol. The summed E-state index contributed by atoms with van der Waals surface area (Å²) in [6, 6.07) is 11.6. The molecule has 9 nitrogen and oxygen atoms in total. The largest absolute Gasteiger partial charge is 0.348 e. The Kier molecular flexibility index (Phi) is 5.36. The normalized spacial score (nSPS) is 19.4. The van der Waals surface area contributed by atoms with Crippen molar-refractivity contribution in [3.63, 3.8) is 0 Å². The maximum atomic E-state index is 13.2. The lowest BCUT2D eigenvalue weighted by Crippen LogP contribution is -2.51.